The number of likely N-dealkylation sites (tertiary alicyclic amines) is 2. The predicted molar refractivity (Wildman–Crippen MR) is 167 cm³/mol. The van der Waals surface area contributed by atoms with Gasteiger partial charge in [0, 0.05) is 46.7 Å². The lowest BCUT2D eigenvalue weighted by molar-refractivity contribution is -0.156. The number of piperidine rings is 2. The first-order chi connectivity index (χ1) is 19.4. The number of hydrogen-bond donors (Lipinski definition) is 1. The molecule has 0 spiro atoms. The standard InChI is InChI=1S/C31H57N3O7Si/c1-21(18-32-26-14-15-27(35)34(29(26)36)20-39-16-17-42(9,10)11)28(38-8)23(3)24(4)40-25-13-12-22(2)33(19-25)30(37)41-31(5,6)7/h22-26,28,32H,1,12-20H2,2-11H3/t22-,23+,24-,25-,26?,28?/m1/s1. The second-order valence-corrected chi connectivity index (χ2v) is 19.8. The summed E-state index contributed by atoms with van der Waals surface area (Å²) in [7, 11) is 0.391. The average molecular weight is 612 g/mol. The molecule has 242 valence electrons. The van der Waals surface area contributed by atoms with E-state index in [0.29, 0.717) is 32.5 Å². The molecule has 2 aliphatic heterocycles. The van der Waals surface area contributed by atoms with Crippen LogP contribution in [-0.2, 0) is 28.5 Å². The molecule has 6 atom stereocenters. The van der Waals surface area contributed by atoms with Crippen LogP contribution in [0.3, 0.4) is 0 Å². The van der Waals surface area contributed by atoms with Crippen LogP contribution in [0.2, 0.25) is 25.7 Å². The highest BCUT2D eigenvalue weighted by atomic mass is 28.3. The first-order valence-corrected chi connectivity index (χ1v) is 19.1. The molecule has 2 saturated heterocycles. The zero-order valence-electron chi connectivity index (χ0n) is 27.8. The summed E-state index contributed by atoms with van der Waals surface area (Å²) in [4.78, 5) is 41.2. The highest BCUT2D eigenvalue weighted by Crippen LogP contribution is 2.27. The van der Waals surface area contributed by atoms with Gasteiger partial charge in [0.15, 0.2) is 0 Å². The van der Waals surface area contributed by atoms with Crippen molar-refractivity contribution in [3.05, 3.63) is 12.2 Å². The molecule has 0 aromatic heterocycles. The Bertz CT molecular complexity index is 932. The molecule has 0 aliphatic carbocycles. The fourth-order valence-corrected chi connectivity index (χ4v) is 5.99. The first-order valence-electron chi connectivity index (χ1n) is 15.4. The molecule has 3 amide bonds. The Morgan fingerprint density at radius 1 is 1.14 bits per heavy atom. The lowest BCUT2D eigenvalue weighted by Crippen LogP contribution is -2.54. The number of imide groups is 1. The van der Waals surface area contributed by atoms with Gasteiger partial charge in [-0.3, -0.25) is 14.5 Å². The van der Waals surface area contributed by atoms with Gasteiger partial charge < -0.3 is 29.2 Å². The Hall–Kier alpha value is -1.79. The second kappa shape index (κ2) is 15.8. The quantitative estimate of drug-likeness (QED) is 0.129. The number of carbonyl (C=O) groups excluding carboxylic acids is 3. The summed E-state index contributed by atoms with van der Waals surface area (Å²) in [5, 5.41) is 3.30. The normalized spacial score (nSPS) is 24.4. The third-order valence-electron chi connectivity index (χ3n) is 8.05. The minimum atomic E-state index is -1.26. The third-order valence-corrected chi connectivity index (χ3v) is 9.76. The summed E-state index contributed by atoms with van der Waals surface area (Å²) in [6.45, 7) is 24.2. The van der Waals surface area contributed by atoms with Gasteiger partial charge in [0.05, 0.1) is 30.9 Å². The fraction of sp³-hybridized carbons (Fsp3) is 0.839. The fourth-order valence-electron chi connectivity index (χ4n) is 5.24. The molecule has 2 unspecified atom stereocenters. The predicted octanol–water partition coefficient (Wildman–Crippen LogP) is 4.81. The van der Waals surface area contributed by atoms with Crippen molar-refractivity contribution >= 4 is 26.0 Å². The molecule has 2 rings (SSSR count). The molecule has 2 aliphatic rings. The molecule has 0 aromatic carbocycles. The van der Waals surface area contributed by atoms with Crippen molar-refractivity contribution in [2.75, 3.05) is 33.5 Å². The first kappa shape index (κ1) is 36.4. The van der Waals surface area contributed by atoms with Crippen LogP contribution in [0, 0.1) is 5.92 Å². The Balaban J connectivity index is 1.89. The van der Waals surface area contributed by atoms with Crippen molar-refractivity contribution in [1.29, 1.82) is 0 Å². The molecule has 0 radical (unpaired) electrons. The van der Waals surface area contributed by atoms with Crippen molar-refractivity contribution in [1.82, 2.24) is 15.1 Å². The molecule has 2 heterocycles. The Morgan fingerprint density at radius 2 is 1.81 bits per heavy atom. The summed E-state index contributed by atoms with van der Waals surface area (Å²) >= 11 is 0. The third kappa shape index (κ3) is 11.4. The molecule has 0 saturated carbocycles. The number of carbonyl (C=O) groups is 3. The summed E-state index contributed by atoms with van der Waals surface area (Å²) in [5.74, 6) is -0.480. The molecule has 0 aromatic rings. The van der Waals surface area contributed by atoms with Gasteiger partial charge in [0.25, 0.3) is 0 Å². The van der Waals surface area contributed by atoms with E-state index in [9.17, 15) is 14.4 Å². The van der Waals surface area contributed by atoms with E-state index >= 15 is 0 Å². The van der Waals surface area contributed by atoms with E-state index in [2.05, 4.69) is 38.5 Å². The van der Waals surface area contributed by atoms with E-state index in [1.165, 1.54) is 4.90 Å². The van der Waals surface area contributed by atoms with Crippen LogP contribution in [0.25, 0.3) is 0 Å². The number of nitrogens with zero attached hydrogens (tertiary/aromatic N) is 2. The average Bonchev–Trinajstić information content (AvgIpc) is 2.87. The zero-order chi connectivity index (χ0) is 31.8. The molecule has 42 heavy (non-hydrogen) atoms. The van der Waals surface area contributed by atoms with E-state index in [-0.39, 0.29) is 54.9 Å². The van der Waals surface area contributed by atoms with E-state index in [1.807, 2.05) is 34.6 Å². The second-order valence-electron chi connectivity index (χ2n) is 14.2. The number of hydrogen-bond acceptors (Lipinski definition) is 8. The number of nitrogens with one attached hydrogen (secondary N) is 1. The largest absolute Gasteiger partial charge is 0.444 e. The highest BCUT2D eigenvalue weighted by molar-refractivity contribution is 6.76. The molecular formula is C31H57N3O7Si. The van der Waals surface area contributed by atoms with Crippen LogP contribution in [0.5, 0.6) is 0 Å². The molecule has 11 heteroatoms. The maximum Gasteiger partial charge on any atom is 0.410 e. The van der Waals surface area contributed by atoms with Crippen molar-refractivity contribution in [3.8, 4) is 0 Å². The van der Waals surface area contributed by atoms with Gasteiger partial charge in [-0.05, 0) is 65.5 Å². The summed E-state index contributed by atoms with van der Waals surface area (Å²) in [5.41, 5.74) is 0.250. The minimum absolute atomic E-state index is 0.000836. The van der Waals surface area contributed by atoms with E-state index in [0.717, 1.165) is 24.5 Å². The van der Waals surface area contributed by atoms with Gasteiger partial charge in [-0.15, -0.1) is 0 Å². The summed E-state index contributed by atoms with van der Waals surface area (Å²) < 4.78 is 23.6. The van der Waals surface area contributed by atoms with Crippen molar-refractivity contribution in [2.24, 2.45) is 5.92 Å². The van der Waals surface area contributed by atoms with Crippen LogP contribution in [0.15, 0.2) is 12.2 Å². The van der Waals surface area contributed by atoms with E-state index in [4.69, 9.17) is 18.9 Å². The van der Waals surface area contributed by atoms with Crippen LogP contribution >= 0.6 is 0 Å². The van der Waals surface area contributed by atoms with Gasteiger partial charge in [-0.2, -0.15) is 0 Å². The van der Waals surface area contributed by atoms with Gasteiger partial charge >= 0.3 is 6.09 Å². The molecule has 1 N–H and O–H groups in total. The van der Waals surface area contributed by atoms with Crippen molar-refractivity contribution < 1.29 is 33.3 Å². The van der Waals surface area contributed by atoms with Crippen LogP contribution in [0.4, 0.5) is 4.79 Å². The highest BCUT2D eigenvalue weighted by Gasteiger charge is 2.37. The molecular weight excluding hydrogens is 554 g/mol. The van der Waals surface area contributed by atoms with Gasteiger partial charge in [-0.25, -0.2) is 4.79 Å². The Labute approximate surface area is 254 Å². The lowest BCUT2D eigenvalue weighted by Gasteiger charge is -2.40. The van der Waals surface area contributed by atoms with E-state index < -0.39 is 19.7 Å². The SMILES string of the molecule is C=C(CNC1CCC(=O)N(COCC[Si](C)(C)C)C1=O)C(OC)[C@@H](C)[C@@H](C)O[C@@H]1CC[C@@H](C)N(C(=O)OC(C)(C)C)C1. The molecule has 10 nitrogen and oxygen atoms in total. The number of amides is 3. The summed E-state index contributed by atoms with van der Waals surface area (Å²) in [6, 6.07) is 0.589. The zero-order valence-corrected chi connectivity index (χ0v) is 28.8. The maximum atomic E-state index is 13.1. The molecule has 2 fully saturated rings. The smallest absolute Gasteiger partial charge is 0.410 e. The van der Waals surface area contributed by atoms with Gasteiger partial charge in [-0.1, -0.05) is 33.1 Å². The number of methoxy groups -OCH3 is 1. The van der Waals surface area contributed by atoms with Gasteiger partial charge in [0.1, 0.15) is 12.3 Å². The Kier molecular flexibility index (Phi) is 13.7. The van der Waals surface area contributed by atoms with Crippen molar-refractivity contribution in [2.45, 2.75) is 129 Å². The minimum Gasteiger partial charge on any atom is -0.444 e. The van der Waals surface area contributed by atoms with Crippen LogP contribution in [0.1, 0.15) is 67.2 Å². The lowest BCUT2D eigenvalue weighted by atomic mass is 9.92. The topological polar surface area (TPSA) is 107 Å². The Morgan fingerprint density at radius 3 is 2.40 bits per heavy atom. The van der Waals surface area contributed by atoms with Crippen LogP contribution in [-0.4, -0.2) is 105 Å². The van der Waals surface area contributed by atoms with Crippen LogP contribution < -0.4 is 5.32 Å². The number of ether oxygens (including phenoxy) is 4. The number of rotatable bonds is 14. The van der Waals surface area contributed by atoms with E-state index in [1.54, 1.807) is 12.0 Å². The maximum absolute atomic E-state index is 13.1. The summed E-state index contributed by atoms with van der Waals surface area (Å²) in [6.07, 6.45) is 1.55. The monoisotopic (exact) mass is 611 g/mol. The van der Waals surface area contributed by atoms with Crippen molar-refractivity contribution in [3.63, 3.8) is 0 Å². The van der Waals surface area contributed by atoms with Gasteiger partial charge in [0.2, 0.25) is 11.8 Å². The molecule has 0 bridgehead atoms.